The molecule has 0 fully saturated rings. The van der Waals surface area contributed by atoms with E-state index in [0.717, 1.165) is 29.0 Å². The summed E-state index contributed by atoms with van der Waals surface area (Å²) in [6, 6.07) is 5.67. The molecule has 1 aromatic rings. The molecule has 1 N–H and O–H groups in total. The third-order valence-electron chi connectivity index (χ3n) is 2.58. The Morgan fingerprint density at radius 1 is 1.43 bits per heavy atom. The second-order valence-corrected chi connectivity index (χ2v) is 4.34. The monoisotopic (exact) mass is 212 g/mol. The van der Waals surface area contributed by atoms with Crippen LogP contribution >= 0.6 is 11.6 Å². The molecule has 0 saturated heterocycles. The summed E-state index contributed by atoms with van der Waals surface area (Å²) in [6.07, 6.45) is 1.72. The molecule has 0 heterocycles. The van der Waals surface area contributed by atoms with E-state index in [-0.39, 0.29) is 0 Å². The van der Waals surface area contributed by atoms with Gasteiger partial charge < -0.3 is 5.11 Å². The van der Waals surface area contributed by atoms with E-state index in [1.54, 1.807) is 0 Å². The summed E-state index contributed by atoms with van der Waals surface area (Å²) >= 11 is 6.01. The van der Waals surface area contributed by atoms with Crippen LogP contribution < -0.4 is 0 Å². The normalized spacial score (nSPS) is 15.2. The molecule has 78 valence electrons. The minimum absolute atomic E-state index is 0.721. The fourth-order valence-electron chi connectivity index (χ4n) is 1.81. The average molecular weight is 213 g/mol. The zero-order valence-electron chi connectivity index (χ0n) is 8.97. The Balaban J connectivity index is 3.12. The Bertz CT molecular complexity index is 318. The number of rotatable bonds is 3. The van der Waals surface area contributed by atoms with Gasteiger partial charge >= 0.3 is 0 Å². The van der Waals surface area contributed by atoms with E-state index in [2.05, 4.69) is 6.92 Å². The first-order chi connectivity index (χ1) is 6.49. The summed E-state index contributed by atoms with van der Waals surface area (Å²) < 4.78 is 0. The van der Waals surface area contributed by atoms with Crippen molar-refractivity contribution in [2.24, 2.45) is 0 Å². The van der Waals surface area contributed by atoms with Crippen molar-refractivity contribution < 1.29 is 5.11 Å². The first kappa shape index (κ1) is 11.5. The zero-order valence-corrected chi connectivity index (χ0v) is 9.73. The van der Waals surface area contributed by atoms with Gasteiger partial charge in [-0.2, -0.15) is 0 Å². The highest BCUT2D eigenvalue weighted by atomic mass is 35.5. The van der Waals surface area contributed by atoms with Gasteiger partial charge in [0.15, 0.2) is 0 Å². The average Bonchev–Trinajstić information content (AvgIpc) is 2.09. The molecule has 0 aliphatic heterocycles. The third-order valence-corrected chi connectivity index (χ3v) is 2.99. The summed E-state index contributed by atoms with van der Waals surface area (Å²) in [7, 11) is 0. The third kappa shape index (κ3) is 2.28. The molecule has 0 bridgehead atoms. The predicted molar refractivity (Wildman–Crippen MR) is 60.7 cm³/mol. The Hall–Kier alpha value is -0.530. The lowest BCUT2D eigenvalue weighted by molar-refractivity contribution is 0.0463. The standard InChI is InChI=1S/C12H17ClO/c1-4-8-12(3,14)10-6-5-7-11(13)9(10)2/h5-7,14H,4,8H2,1-3H3/t12-/m1/s1. The van der Waals surface area contributed by atoms with Gasteiger partial charge in [0, 0.05) is 5.02 Å². The molecule has 0 aliphatic rings. The van der Waals surface area contributed by atoms with Gasteiger partial charge in [-0.3, -0.25) is 0 Å². The van der Waals surface area contributed by atoms with Crippen molar-refractivity contribution in [1.82, 2.24) is 0 Å². The Kier molecular flexibility index (Phi) is 3.57. The van der Waals surface area contributed by atoms with Gasteiger partial charge in [0.25, 0.3) is 0 Å². The van der Waals surface area contributed by atoms with Crippen LogP contribution in [0.15, 0.2) is 18.2 Å². The fourth-order valence-corrected chi connectivity index (χ4v) is 1.99. The number of halogens is 1. The first-order valence-corrected chi connectivity index (χ1v) is 5.35. The van der Waals surface area contributed by atoms with Crippen molar-refractivity contribution in [2.75, 3.05) is 0 Å². The van der Waals surface area contributed by atoms with E-state index in [9.17, 15) is 5.11 Å². The molecule has 0 aliphatic carbocycles. The van der Waals surface area contributed by atoms with Crippen LogP contribution in [0.2, 0.25) is 5.02 Å². The van der Waals surface area contributed by atoms with Crippen LogP contribution in [-0.4, -0.2) is 5.11 Å². The molecule has 1 nitrogen and oxygen atoms in total. The van der Waals surface area contributed by atoms with Gasteiger partial charge in [-0.25, -0.2) is 0 Å². The highest BCUT2D eigenvalue weighted by Gasteiger charge is 2.24. The lowest BCUT2D eigenvalue weighted by Crippen LogP contribution is -2.21. The van der Waals surface area contributed by atoms with Crippen LogP contribution in [0.25, 0.3) is 0 Å². The molecule has 0 radical (unpaired) electrons. The van der Waals surface area contributed by atoms with Gasteiger partial charge in [0.2, 0.25) is 0 Å². The van der Waals surface area contributed by atoms with Crippen molar-refractivity contribution >= 4 is 11.6 Å². The molecule has 0 spiro atoms. The number of hydrogen-bond acceptors (Lipinski definition) is 1. The smallest absolute Gasteiger partial charge is 0.0871 e. The topological polar surface area (TPSA) is 20.2 Å². The molecule has 0 saturated carbocycles. The van der Waals surface area contributed by atoms with Crippen molar-refractivity contribution in [3.63, 3.8) is 0 Å². The van der Waals surface area contributed by atoms with Crippen LogP contribution in [0.4, 0.5) is 0 Å². The number of hydrogen-bond donors (Lipinski definition) is 1. The van der Waals surface area contributed by atoms with E-state index in [4.69, 9.17) is 11.6 Å². The largest absolute Gasteiger partial charge is 0.385 e. The van der Waals surface area contributed by atoms with Crippen LogP contribution in [0.5, 0.6) is 0 Å². The Labute approximate surface area is 90.7 Å². The highest BCUT2D eigenvalue weighted by molar-refractivity contribution is 6.31. The summed E-state index contributed by atoms with van der Waals surface area (Å²) in [5.74, 6) is 0. The first-order valence-electron chi connectivity index (χ1n) is 4.97. The van der Waals surface area contributed by atoms with E-state index < -0.39 is 5.60 Å². The molecule has 0 unspecified atom stereocenters. The van der Waals surface area contributed by atoms with E-state index in [1.807, 2.05) is 32.0 Å². The molecule has 1 aromatic carbocycles. The minimum atomic E-state index is -0.760. The van der Waals surface area contributed by atoms with Gasteiger partial charge in [0.05, 0.1) is 5.60 Å². The predicted octanol–water partition coefficient (Wildman–Crippen LogP) is 3.66. The molecule has 2 heteroatoms. The van der Waals surface area contributed by atoms with Crippen molar-refractivity contribution in [3.05, 3.63) is 34.3 Å². The maximum Gasteiger partial charge on any atom is 0.0871 e. The second-order valence-electron chi connectivity index (χ2n) is 3.94. The zero-order chi connectivity index (χ0) is 10.8. The van der Waals surface area contributed by atoms with Crippen LogP contribution in [-0.2, 0) is 5.60 Å². The quantitative estimate of drug-likeness (QED) is 0.811. The minimum Gasteiger partial charge on any atom is -0.385 e. The Morgan fingerprint density at radius 3 is 2.64 bits per heavy atom. The summed E-state index contributed by atoms with van der Waals surface area (Å²) in [4.78, 5) is 0. The molecule has 14 heavy (non-hydrogen) atoms. The fraction of sp³-hybridized carbons (Fsp3) is 0.500. The van der Waals surface area contributed by atoms with E-state index >= 15 is 0 Å². The molecule has 1 rings (SSSR count). The van der Waals surface area contributed by atoms with Crippen molar-refractivity contribution in [1.29, 1.82) is 0 Å². The van der Waals surface area contributed by atoms with Gasteiger partial charge in [-0.15, -0.1) is 0 Å². The molecule has 0 aromatic heterocycles. The second kappa shape index (κ2) is 4.33. The number of aliphatic hydroxyl groups is 1. The number of benzene rings is 1. The van der Waals surface area contributed by atoms with Gasteiger partial charge in [-0.05, 0) is 37.5 Å². The SMILES string of the molecule is CCC[C@@](C)(O)c1cccc(Cl)c1C. The van der Waals surface area contributed by atoms with Crippen molar-refractivity contribution in [2.45, 2.75) is 39.2 Å². The van der Waals surface area contributed by atoms with Crippen molar-refractivity contribution in [3.8, 4) is 0 Å². The molecule has 0 amide bonds. The molecule has 1 atom stereocenters. The van der Waals surface area contributed by atoms with Crippen LogP contribution in [0.3, 0.4) is 0 Å². The van der Waals surface area contributed by atoms with Crippen LogP contribution in [0, 0.1) is 6.92 Å². The lowest BCUT2D eigenvalue weighted by atomic mass is 9.88. The summed E-state index contributed by atoms with van der Waals surface area (Å²) in [6.45, 7) is 5.85. The van der Waals surface area contributed by atoms with Gasteiger partial charge in [-0.1, -0.05) is 37.1 Å². The Morgan fingerprint density at radius 2 is 2.07 bits per heavy atom. The lowest BCUT2D eigenvalue weighted by Gasteiger charge is -2.25. The molecular weight excluding hydrogens is 196 g/mol. The maximum atomic E-state index is 10.2. The van der Waals surface area contributed by atoms with E-state index in [0.29, 0.717) is 0 Å². The van der Waals surface area contributed by atoms with Crippen LogP contribution in [0.1, 0.15) is 37.8 Å². The highest BCUT2D eigenvalue weighted by Crippen LogP contribution is 2.31. The molecular formula is C12H17ClO. The summed E-state index contributed by atoms with van der Waals surface area (Å²) in [5.41, 5.74) is 1.16. The summed E-state index contributed by atoms with van der Waals surface area (Å²) in [5, 5.41) is 11.0. The van der Waals surface area contributed by atoms with E-state index in [1.165, 1.54) is 0 Å². The van der Waals surface area contributed by atoms with Gasteiger partial charge in [0.1, 0.15) is 0 Å². The maximum absolute atomic E-state index is 10.2.